The molecule has 82 valence electrons. The van der Waals surface area contributed by atoms with Gasteiger partial charge in [-0.3, -0.25) is 4.79 Å². The van der Waals surface area contributed by atoms with Gasteiger partial charge in [-0.1, -0.05) is 43.5 Å². The SMILES string of the molecule is Cc1cc(C(=O)C(Br)CBr)cc(C)c1Cl. The molecule has 0 saturated carbocycles. The Labute approximate surface area is 111 Å². The van der Waals surface area contributed by atoms with Crippen LogP contribution < -0.4 is 0 Å². The Morgan fingerprint density at radius 1 is 1.40 bits per heavy atom. The van der Waals surface area contributed by atoms with E-state index in [9.17, 15) is 4.79 Å². The summed E-state index contributed by atoms with van der Waals surface area (Å²) in [4.78, 5) is 11.7. The number of ketones is 1. The van der Waals surface area contributed by atoms with Crippen molar-refractivity contribution < 1.29 is 4.79 Å². The van der Waals surface area contributed by atoms with Crippen molar-refractivity contribution in [1.82, 2.24) is 0 Å². The third-order valence-corrected chi connectivity index (χ3v) is 4.99. The van der Waals surface area contributed by atoms with Gasteiger partial charge in [-0.25, -0.2) is 0 Å². The molecule has 4 heteroatoms. The van der Waals surface area contributed by atoms with Gasteiger partial charge < -0.3 is 0 Å². The van der Waals surface area contributed by atoms with Crippen LogP contribution >= 0.6 is 43.5 Å². The smallest absolute Gasteiger partial charge is 0.177 e. The lowest BCUT2D eigenvalue weighted by Crippen LogP contribution is -2.15. The number of aryl methyl sites for hydroxylation is 2. The Bertz CT molecular complexity index is 367. The van der Waals surface area contributed by atoms with Gasteiger partial charge in [-0.15, -0.1) is 0 Å². The summed E-state index contributed by atoms with van der Waals surface area (Å²) in [7, 11) is 0. The first-order valence-corrected chi connectivity index (χ1v) is 6.90. The van der Waals surface area contributed by atoms with E-state index in [1.807, 2.05) is 26.0 Å². The topological polar surface area (TPSA) is 17.1 Å². The molecule has 1 aromatic rings. The maximum Gasteiger partial charge on any atom is 0.177 e. The van der Waals surface area contributed by atoms with Crippen molar-refractivity contribution in [2.75, 3.05) is 5.33 Å². The van der Waals surface area contributed by atoms with Crippen LogP contribution in [-0.4, -0.2) is 15.9 Å². The fourth-order valence-electron chi connectivity index (χ4n) is 1.34. The Kier molecular flexibility index (Phi) is 4.81. The Morgan fingerprint density at radius 2 is 1.87 bits per heavy atom. The number of benzene rings is 1. The van der Waals surface area contributed by atoms with Crippen LogP contribution in [0.25, 0.3) is 0 Å². The van der Waals surface area contributed by atoms with Gasteiger partial charge >= 0.3 is 0 Å². The molecule has 0 N–H and O–H groups in total. The molecule has 0 amide bonds. The molecule has 0 bridgehead atoms. The van der Waals surface area contributed by atoms with Crippen molar-refractivity contribution in [2.24, 2.45) is 0 Å². The monoisotopic (exact) mass is 352 g/mol. The average Bonchev–Trinajstić information content (AvgIpc) is 2.23. The van der Waals surface area contributed by atoms with Gasteiger partial charge in [0.25, 0.3) is 0 Å². The van der Waals surface area contributed by atoms with Gasteiger partial charge in [0.15, 0.2) is 5.78 Å². The molecule has 1 unspecified atom stereocenters. The molecule has 0 spiro atoms. The standard InChI is InChI=1S/C11H11Br2ClO/c1-6-3-8(4-7(2)10(6)14)11(15)9(13)5-12/h3-4,9H,5H2,1-2H3. The van der Waals surface area contributed by atoms with E-state index in [0.29, 0.717) is 10.9 Å². The Morgan fingerprint density at radius 3 is 2.27 bits per heavy atom. The van der Waals surface area contributed by atoms with Crippen molar-refractivity contribution >= 4 is 49.2 Å². The van der Waals surface area contributed by atoms with Gasteiger partial charge in [-0.2, -0.15) is 0 Å². The van der Waals surface area contributed by atoms with Gasteiger partial charge in [0.2, 0.25) is 0 Å². The minimum absolute atomic E-state index is 0.0785. The predicted molar refractivity (Wildman–Crippen MR) is 71.8 cm³/mol. The Hall–Kier alpha value is 0.140. The molecule has 15 heavy (non-hydrogen) atoms. The van der Waals surface area contributed by atoms with Gasteiger partial charge in [0, 0.05) is 15.9 Å². The summed E-state index contributed by atoms with van der Waals surface area (Å²) in [6.07, 6.45) is 0. The molecule has 0 radical (unpaired) electrons. The number of hydrogen-bond donors (Lipinski definition) is 0. The van der Waals surface area contributed by atoms with Crippen LogP contribution in [0.2, 0.25) is 5.02 Å². The number of halogens is 3. The molecule has 0 aliphatic heterocycles. The van der Waals surface area contributed by atoms with Crippen LogP contribution in [0.1, 0.15) is 21.5 Å². The largest absolute Gasteiger partial charge is 0.293 e. The molecule has 1 atom stereocenters. The second-order valence-electron chi connectivity index (χ2n) is 3.41. The number of alkyl halides is 2. The fraction of sp³-hybridized carbons (Fsp3) is 0.364. The average molecular weight is 354 g/mol. The summed E-state index contributed by atoms with van der Waals surface area (Å²) < 4.78 is 0. The van der Waals surface area contributed by atoms with Gasteiger partial charge in [0.1, 0.15) is 0 Å². The molecule has 1 aromatic carbocycles. The lowest BCUT2D eigenvalue weighted by molar-refractivity contribution is 0.0997. The van der Waals surface area contributed by atoms with Gasteiger partial charge in [0.05, 0.1) is 4.83 Å². The highest BCUT2D eigenvalue weighted by atomic mass is 79.9. The van der Waals surface area contributed by atoms with Crippen LogP contribution in [0.5, 0.6) is 0 Å². The first kappa shape index (κ1) is 13.2. The zero-order chi connectivity index (χ0) is 11.6. The fourth-order valence-corrected chi connectivity index (χ4v) is 2.01. The van der Waals surface area contributed by atoms with E-state index in [-0.39, 0.29) is 10.6 Å². The van der Waals surface area contributed by atoms with Crippen molar-refractivity contribution in [2.45, 2.75) is 18.7 Å². The number of carbonyl (C=O) groups excluding carboxylic acids is 1. The number of hydrogen-bond acceptors (Lipinski definition) is 1. The lowest BCUT2D eigenvalue weighted by atomic mass is 10.0. The summed E-state index contributed by atoms with van der Waals surface area (Å²) >= 11 is 12.6. The Balaban J connectivity index is 3.12. The molecular weight excluding hydrogens is 343 g/mol. The van der Waals surface area contributed by atoms with E-state index in [2.05, 4.69) is 31.9 Å². The van der Waals surface area contributed by atoms with Crippen LogP contribution in [0.15, 0.2) is 12.1 Å². The van der Waals surface area contributed by atoms with E-state index in [1.54, 1.807) is 0 Å². The summed E-state index contributed by atoms with van der Waals surface area (Å²) in [6.45, 7) is 3.81. The highest BCUT2D eigenvalue weighted by molar-refractivity contribution is 9.12. The molecule has 0 saturated heterocycles. The summed E-state index contributed by atoms with van der Waals surface area (Å²) in [5, 5.41) is 1.34. The van der Waals surface area contributed by atoms with Crippen LogP contribution in [0, 0.1) is 13.8 Å². The molecule has 1 rings (SSSR count). The van der Waals surface area contributed by atoms with E-state index in [0.717, 1.165) is 16.1 Å². The normalized spacial score (nSPS) is 12.6. The molecule has 0 aliphatic rings. The minimum Gasteiger partial charge on any atom is -0.293 e. The molecule has 1 nitrogen and oxygen atoms in total. The van der Waals surface area contributed by atoms with E-state index in [1.165, 1.54) is 0 Å². The number of rotatable bonds is 3. The summed E-state index contributed by atoms with van der Waals surface area (Å²) in [5.74, 6) is 0.0785. The maximum absolute atomic E-state index is 11.9. The first-order chi connectivity index (χ1) is 6.97. The second-order valence-corrected chi connectivity index (χ2v) is 5.54. The quantitative estimate of drug-likeness (QED) is 0.584. The van der Waals surface area contributed by atoms with E-state index < -0.39 is 0 Å². The first-order valence-electron chi connectivity index (χ1n) is 4.48. The van der Waals surface area contributed by atoms with Crippen molar-refractivity contribution in [3.63, 3.8) is 0 Å². The van der Waals surface area contributed by atoms with E-state index in [4.69, 9.17) is 11.6 Å². The summed E-state index contributed by atoms with van der Waals surface area (Å²) in [6, 6.07) is 3.66. The van der Waals surface area contributed by atoms with Crippen molar-refractivity contribution in [1.29, 1.82) is 0 Å². The zero-order valence-electron chi connectivity index (χ0n) is 8.48. The highest BCUT2D eigenvalue weighted by Crippen LogP contribution is 2.23. The molecule has 0 aromatic heterocycles. The van der Waals surface area contributed by atoms with Gasteiger partial charge in [-0.05, 0) is 37.1 Å². The zero-order valence-corrected chi connectivity index (χ0v) is 12.4. The maximum atomic E-state index is 11.9. The van der Waals surface area contributed by atoms with Crippen LogP contribution in [-0.2, 0) is 0 Å². The predicted octanol–water partition coefficient (Wildman–Crippen LogP) is 4.30. The van der Waals surface area contributed by atoms with Crippen molar-refractivity contribution in [3.8, 4) is 0 Å². The highest BCUT2D eigenvalue weighted by Gasteiger charge is 2.17. The third-order valence-electron chi connectivity index (χ3n) is 2.14. The molecular formula is C11H11Br2ClO. The molecule has 0 heterocycles. The summed E-state index contributed by atoms with van der Waals surface area (Å²) in [5.41, 5.74) is 2.58. The molecule has 0 aliphatic carbocycles. The van der Waals surface area contributed by atoms with Crippen LogP contribution in [0.4, 0.5) is 0 Å². The van der Waals surface area contributed by atoms with E-state index >= 15 is 0 Å². The van der Waals surface area contributed by atoms with Crippen LogP contribution in [0.3, 0.4) is 0 Å². The lowest BCUT2D eigenvalue weighted by Gasteiger charge is -2.09. The third kappa shape index (κ3) is 3.05. The number of Topliss-reactive ketones (excluding diaryl/α,β-unsaturated/α-hetero) is 1. The minimum atomic E-state index is -0.183. The second kappa shape index (κ2) is 5.46. The van der Waals surface area contributed by atoms with Crippen molar-refractivity contribution in [3.05, 3.63) is 33.8 Å². The molecule has 0 fully saturated rings. The number of carbonyl (C=O) groups is 1.